The highest BCUT2D eigenvalue weighted by Gasteiger charge is 2.05. The summed E-state index contributed by atoms with van der Waals surface area (Å²) in [5.74, 6) is 0. The molecule has 3 nitrogen and oxygen atoms in total. The number of pyridine rings is 2. The van der Waals surface area contributed by atoms with Crippen LogP contribution in [0, 0.1) is 0 Å². The number of nitrogens with one attached hydrogen (secondary N) is 1. The maximum atomic E-state index is 5.71. The second-order valence-corrected chi connectivity index (χ2v) is 3.88. The Morgan fingerprint density at radius 2 is 2.06 bits per heavy atom. The van der Waals surface area contributed by atoms with Crippen molar-refractivity contribution in [2.75, 3.05) is 5.32 Å². The van der Waals surface area contributed by atoms with E-state index in [1.54, 1.807) is 18.5 Å². The molecule has 2 heterocycles. The van der Waals surface area contributed by atoms with Crippen molar-refractivity contribution in [2.45, 2.75) is 13.0 Å². The topological polar surface area (TPSA) is 37.8 Å². The minimum atomic E-state index is 0.143. The van der Waals surface area contributed by atoms with Gasteiger partial charge in [-0.15, -0.1) is 0 Å². The Morgan fingerprint density at radius 3 is 2.69 bits per heavy atom. The fourth-order valence-corrected chi connectivity index (χ4v) is 1.53. The van der Waals surface area contributed by atoms with Crippen LogP contribution < -0.4 is 5.32 Å². The van der Waals surface area contributed by atoms with Gasteiger partial charge in [0, 0.05) is 6.20 Å². The van der Waals surface area contributed by atoms with E-state index in [9.17, 15) is 0 Å². The Morgan fingerprint density at radius 1 is 1.19 bits per heavy atom. The molecule has 82 valence electrons. The molecule has 2 rings (SSSR count). The molecule has 2 aromatic heterocycles. The minimum absolute atomic E-state index is 0.143. The van der Waals surface area contributed by atoms with Crippen LogP contribution in [0.5, 0.6) is 0 Å². The second-order valence-electron chi connectivity index (χ2n) is 3.49. The molecule has 1 atom stereocenters. The lowest BCUT2D eigenvalue weighted by Gasteiger charge is -2.14. The first kappa shape index (κ1) is 10.9. The summed E-state index contributed by atoms with van der Waals surface area (Å²) >= 11 is 5.71. The second kappa shape index (κ2) is 4.94. The first-order valence-electron chi connectivity index (χ1n) is 5.05. The normalized spacial score (nSPS) is 12.1. The lowest BCUT2D eigenvalue weighted by molar-refractivity contribution is 0.838. The SMILES string of the molecule is CC(Nc1ccc(Cl)nc1)c1ccccn1. The summed E-state index contributed by atoms with van der Waals surface area (Å²) in [7, 11) is 0. The Balaban J connectivity index is 2.08. The van der Waals surface area contributed by atoms with Gasteiger partial charge in [0.15, 0.2) is 0 Å². The van der Waals surface area contributed by atoms with Crippen molar-refractivity contribution in [3.63, 3.8) is 0 Å². The Labute approximate surface area is 99.5 Å². The summed E-state index contributed by atoms with van der Waals surface area (Å²) in [6.45, 7) is 2.05. The van der Waals surface area contributed by atoms with E-state index in [0.29, 0.717) is 5.15 Å². The molecule has 1 N–H and O–H groups in total. The van der Waals surface area contributed by atoms with E-state index in [1.165, 1.54) is 0 Å². The Kier molecular flexibility index (Phi) is 3.37. The molecule has 1 unspecified atom stereocenters. The molecule has 0 aliphatic rings. The van der Waals surface area contributed by atoms with Crippen molar-refractivity contribution in [1.82, 2.24) is 9.97 Å². The van der Waals surface area contributed by atoms with Crippen LogP contribution >= 0.6 is 11.6 Å². The molecule has 16 heavy (non-hydrogen) atoms. The van der Waals surface area contributed by atoms with E-state index in [4.69, 9.17) is 11.6 Å². The molecule has 0 amide bonds. The molecule has 2 aromatic rings. The zero-order valence-corrected chi connectivity index (χ0v) is 9.65. The molecule has 0 fully saturated rings. The van der Waals surface area contributed by atoms with E-state index >= 15 is 0 Å². The van der Waals surface area contributed by atoms with E-state index in [-0.39, 0.29) is 6.04 Å². The predicted octanol–water partition coefficient (Wildman–Crippen LogP) is 3.30. The van der Waals surface area contributed by atoms with Gasteiger partial charge in [0.05, 0.1) is 23.6 Å². The zero-order chi connectivity index (χ0) is 11.4. The van der Waals surface area contributed by atoms with Crippen LogP contribution in [0.2, 0.25) is 5.15 Å². The standard InChI is InChI=1S/C12H12ClN3/c1-9(11-4-2-3-7-14-11)16-10-5-6-12(13)15-8-10/h2-9,16H,1H3. The summed E-state index contributed by atoms with van der Waals surface area (Å²) in [5.41, 5.74) is 1.93. The number of halogens is 1. The molecular weight excluding hydrogens is 222 g/mol. The molecule has 0 aliphatic carbocycles. The summed E-state index contributed by atoms with van der Waals surface area (Å²) < 4.78 is 0. The predicted molar refractivity (Wildman–Crippen MR) is 65.5 cm³/mol. The van der Waals surface area contributed by atoms with Gasteiger partial charge < -0.3 is 5.32 Å². The minimum Gasteiger partial charge on any atom is -0.376 e. The largest absolute Gasteiger partial charge is 0.376 e. The highest BCUT2D eigenvalue weighted by atomic mass is 35.5. The van der Waals surface area contributed by atoms with Gasteiger partial charge in [0.25, 0.3) is 0 Å². The smallest absolute Gasteiger partial charge is 0.129 e. The van der Waals surface area contributed by atoms with Crippen LogP contribution in [-0.4, -0.2) is 9.97 Å². The van der Waals surface area contributed by atoms with E-state index in [0.717, 1.165) is 11.4 Å². The van der Waals surface area contributed by atoms with E-state index < -0.39 is 0 Å². The molecule has 0 aromatic carbocycles. The van der Waals surface area contributed by atoms with Crippen LogP contribution in [-0.2, 0) is 0 Å². The molecule has 0 saturated heterocycles. The van der Waals surface area contributed by atoms with Gasteiger partial charge >= 0.3 is 0 Å². The third kappa shape index (κ3) is 2.70. The van der Waals surface area contributed by atoms with Crippen molar-refractivity contribution < 1.29 is 0 Å². The highest BCUT2D eigenvalue weighted by Crippen LogP contribution is 2.17. The molecule has 0 radical (unpaired) electrons. The fraction of sp³-hybridized carbons (Fsp3) is 0.167. The monoisotopic (exact) mass is 233 g/mol. The maximum absolute atomic E-state index is 5.71. The number of hydrogen-bond acceptors (Lipinski definition) is 3. The van der Waals surface area contributed by atoms with Crippen LogP contribution in [0.3, 0.4) is 0 Å². The summed E-state index contributed by atoms with van der Waals surface area (Å²) in [6.07, 6.45) is 3.50. The van der Waals surface area contributed by atoms with Crippen LogP contribution in [0.4, 0.5) is 5.69 Å². The highest BCUT2D eigenvalue weighted by molar-refractivity contribution is 6.29. The van der Waals surface area contributed by atoms with Crippen molar-refractivity contribution in [3.8, 4) is 0 Å². The molecule has 4 heteroatoms. The molecule has 0 aliphatic heterocycles. The van der Waals surface area contributed by atoms with Crippen LogP contribution in [0.25, 0.3) is 0 Å². The number of aromatic nitrogens is 2. The first-order valence-corrected chi connectivity index (χ1v) is 5.42. The lowest BCUT2D eigenvalue weighted by Crippen LogP contribution is -2.08. The van der Waals surface area contributed by atoms with Gasteiger partial charge in [0.2, 0.25) is 0 Å². The average molecular weight is 234 g/mol. The van der Waals surface area contributed by atoms with Crippen molar-refractivity contribution in [1.29, 1.82) is 0 Å². The van der Waals surface area contributed by atoms with Crippen LogP contribution in [0.1, 0.15) is 18.7 Å². The van der Waals surface area contributed by atoms with Crippen molar-refractivity contribution in [2.24, 2.45) is 0 Å². The quantitative estimate of drug-likeness (QED) is 0.827. The number of rotatable bonds is 3. The molecule has 0 saturated carbocycles. The van der Waals surface area contributed by atoms with Gasteiger partial charge in [-0.1, -0.05) is 17.7 Å². The molecular formula is C12H12ClN3. The Hall–Kier alpha value is -1.61. The summed E-state index contributed by atoms with van der Waals surface area (Å²) in [4.78, 5) is 8.29. The number of anilines is 1. The van der Waals surface area contributed by atoms with Gasteiger partial charge in [-0.3, -0.25) is 4.98 Å². The fourth-order valence-electron chi connectivity index (χ4n) is 1.42. The van der Waals surface area contributed by atoms with E-state index in [2.05, 4.69) is 22.2 Å². The lowest BCUT2D eigenvalue weighted by atomic mass is 10.2. The third-order valence-electron chi connectivity index (χ3n) is 2.24. The average Bonchev–Trinajstić information content (AvgIpc) is 2.33. The van der Waals surface area contributed by atoms with Gasteiger partial charge in [-0.25, -0.2) is 4.98 Å². The first-order chi connectivity index (χ1) is 7.75. The van der Waals surface area contributed by atoms with Crippen LogP contribution in [0.15, 0.2) is 42.7 Å². The van der Waals surface area contributed by atoms with Gasteiger partial charge in [-0.05, 0) is 31.2 Å². The molecule has 0 bridgehead atoms. The number of hydrogen-bond donors (Lipinski definition) is 1. The van der Waals surface area contributed by atoms with Gasteiger partial charge in [0.1, 0.15) is 5.15 Å². The van der Waals surface area contributed by atoms with Gasteiger partial charge in [-0.2, -0.15) is 0 Å². The zero-order valence-electron chi connectivity index (χ0n) is 8.89. The van der Waals surface area contributed by atoms with Crippen molar-refractivity contribution in [3.05, 3.63) is 53.6 Å². The third-order valence-corrected chi connectivity index (χ3v) is 2.47. The maximum Gasteiger partial charge on any atom is 0.129 e. The van der Waals surface area contributed by atoms with E-state index in [1.807, 2.05) is 24.3 Å². The number of nitrogens with zero attached hydrogens (tertiary/aromatic N) is 2. The summed E-state index contributed by atoms with van der Waals surface area (Å²) in [6, 6.07) is 9.66. The Bertz CT molecular complexity index is 442. The van der Waals surface area contributed by atoms with Crippen molar-refractivity contribution >= 4 is 17.3 Å². The molecule has 0 spiro atoms. The summed E-state index contributed by atoms with van der Waals surface area (Å²) in [5, 5.41) is 3.80.